The van der Waals surface area contributed by atoms with Crippen molar-refractivity contribution in [2.75, 3.05) is 6.61 Å². The molecule has 0 amide bonds. The number of ether oxygens (including phenoxy) is 5. The van der Waals surface area contributed by atoms with Crippen LogP contribution in [0.25, 0.3) is 32.6 Å². The number of aromatic amines is 1. The Morgan fingerprint density at radius 3 is 2.17 bits per heavy atom. The van der Waals surface area contributed by atoms with Gasteiger partial charge >= 0.3 is 30.1 Å². The van der Waals surface area contributed by atoms with Gasteiger partial charge in [0.1, 0.15) is 5.75 Å². The lowest BCUT2D eigenvalue weighted by molar-refractivity contribution is -0.773. The predicted octanol–water partition coefficient (Wildman–Crippen LogP) is 3.63. The van der Waals surface area contributed by atoms with Crippen LogP contribution < -0.4 is 9.30 Å². The van der Waals surface area contributed by atoms with Crippen LogP contribution in [0.1, 0.15) is 45.0 Å². The number of aryl methyl sites for hydroxylation is 2. The number of hydrogen-bond acceptors (Lipinski definition) is 9. The number of benzene rings is 2. The average Bonchev–Trinajstić information content (AvgIpc) is 3.27. The van der Waals surface area contributed by atoms with Gasteiger partial charge in [-0.3, -0.25) is 19.2 Å². The molecule has 5 rings (SSSR count). The molecule has 1 fully saturated rings. The van der Waals surface area contributed by atoms with E-state index in [1.807, 2.05) is 38.2 Å². The van der Waals surface area contributed by atoms with Crippen LogP contribution in [-0.4, -0.2) is 53.8 Å². The van der Waals surface area contributed by atoms with Crippen LogP contribution in [0.5, 0.6) is 5.75 Å². The van der Waals surface area contributed by atoms with Crippen LogP contribution in [0.4, 0.5) is 0 Å². The summed E-state index contributed by atoms with van der Waals surface area (Å²) in [6.07, 6.45) is -0.320. The lowest BCUT2D eigenvalue weighted by Gasteiger charge is -2.37. The standard InChI is InChI=1S/C30H30N2O9/c1-14-23-12-32(30-29(41-19(6)36)28(40-18(5)35)25(13-37-30)39-17(4)34)10-9-21(23)15(2)27-26(14)22-11-20(38-16(3)33)7-8-24(22)31-27/h7-12,25,28-30H,13H2,1-6H3/p+1/t25-,28-,29+,30+/m0/s1. The largest absolute Gasteiger partial charge is 0.456 e. The molecule has 1 saturated heterocycles. The normalized spacial score (nSPS) is 20.6. The van der Waals surface area contributed by atoms with Crippen LogP contribution in [0.3, 0.4) is 0 Å². The molecule has 4 aromatic rings. The molecule has 2 aromatic heterocycles. The smallest absolute Gasteiger partial charge is 0.308 e. The number of nitrogens with zero attached hydrogens (tertiary/aromatic N) is 1. The summed E-state index contributed by atoms with van der Waals surface area (Å²) in [6, 6.07) is 7.41. The summed E-state index contributed by atoms with van der Waals surface area (Å²) in [4.78, 5) is 50.9. The highest BCUT2D eigenvalue weighted by molar-refractivity contribution is 6.16. The van der Waals surface area contributed by atoms with Crippen molar-refractivity contribution in [1.29, 1.82) is 0 Å². The number of nitrogens with one attached hydrogen (secondary N) is 1. The van der Waals surface area contributed by atoms with Crippen LogP contribution in [-0.2, 0) is 38.1 Å². The van der Waals surface area contributed by atoms with Gasteiger partial charge in [-0.15, -0.1) is 0 Å². The summed E-state index contributed by atoms with van der Waals surface area (Å²) >= 11 is 0. The Labute approximate surface area is 235 Å². The van der Waals surface area contributed by atoms with Crippen molar-refractivity contribution < 1.29 is 47.4 Å². The molecule has 4 atom stereocenters. The Kier molecular flexibility index (Phi) is 7.39. The van der Waals surface area contributed by atoms with E-state index in [-0.39, 0.29) is 6.61 Å². The third kappa shape index (κ3) is 5.32. The van der Waals surface area contributed by atoms with Gasteiger partial charge in [0.25, 0.3) is 0 Å². The van der Waals surface area contributed by atoms with Crippen molar-refractivity contribution in [2.45, 2.75) is 66.1 Å². The summed E-state index contributed by atoms with van der Waals surface area (Å²) in [5.74, 6) is -1.76. The van der Waals surface area contributed by atoms with E-state index in [1.54, 1.807) is 16.8 Å². The number of aromatic nitrogens is 2. The minimum atomic E-state index is -1.10. The monoisotopic (exact) mass is 563 g/mol. The van der Waals surface area contributed by atoms with Crippen LogP contribution >= 0.6 is 0 Å². The van der Waals surface area contributed by atoms with Crippen molar-refractivity contribution in [3.05, 3.63) is 47.8 Å². The molecule has 1 N–H and O–H groups in total. The average molecular weight is 564 g/mol. The molecule has 0 aliphatic carbocycles. The van der Waals surface area contributed by atoms with Gasteiger partial charge in [0.15, 0.2) is 24.6 Å². The minimum absolute atomic E-state index is 0.0799. The Bertz CT molecular complexity index is 1720. The molecule has 1 aliphatic heterocycles. The van der Waals surface area contributed by atoms with Gasteiger partial charge in [-0.25, -0.2) is 0 Å². The van der Waals surface area contributed by atoms with E-state index in [9.17, 15) is 19.2 Å². The molecule has 1 aliphatic rings. The van der Waals surface area contributed by atoms with Gasteiger partial charge in [0.05, 0.1) is 12.1 Å². The number of pyridine rings is 1. The van der Waals surface area contributed by atoms with Gasteiger partial charge in [-0.2, -0.15) is 4.57 Å². The van der Waals surface area contributed by atoms with E-state index in [1.165, 1.54) is 27.7 Å². The quantitative estimate of drug-likeness (QED) is 0.167. The molecule has 2 aromatic carbocycles. The van der Waals surface area contributed by atoms with Gasteiger partial charge in [-0.1, -0.05) is 0 Å². The second-order valence-corrected chi connectivity index (χ2v) is 10.2. The fourth-order valence-electron chi connectivity index (χ4n) is 5.62. The summed E-state index contributed by atoms with van der Waals surface area (Å²) in [6.45, 7) is 9.02. The number of esters is 4. The molecule has 0 radical (unpaired) electrons. The second-order valence-electron chi connectivity index (χ2n) is 10.2. The summed E-state index contributed by atoms with van der Waals surface area (Å²) < 4.78 is 29.6. The van der Waals surface area contributed by atoms with Gasteiger partial charge < -0.3 is 28.7 Å². The molecular weight excluding hydrogens is 532 g/mol. The molecule has 3 heterocycles. The van der Waals surface area contributed by atoms with Crippen molar-refractivity contribution in [3.8, 4) is 5.75 Å². The maximum atomic E-state index is 12.1. The summed E-state index contributed by atoms with van der Waals surface area (Å²) in [5, 5.41) is 3.79. The zero-order valence-electron chi connectivity index (χ0n) is 23.6. The van der Waals surface area contributed by atoms with Gasteiger partial charge in [0, 0.05) is 55.4 Å². The van der Waals surface area contributed by atoms with E-state index in [0.717, 1.165) is 43.7 Å². The van der Waals surface area contributed by atoms with Crippen LogP contribution in [0.2, 0.25) is 0 Å². The van der Waals surface area contributed by atoms with Crippen LogP contribution in [0, 0.1) is 13.8 Å². The third-order valence-electron chi connectivity index (χ3n) is 7.19. The Balaban J connectivity index is 1.65. The minimum Gasteiger partial charge on any atom is -0.456 e. The lowest BCUT2D eigenvalue weighted by Crippen LogP contribution is -2.61. The molecule has 214 valence electrons. The van der Waals surface area contributed by atoms with Crippen LogP contribution in [0.15, 0.2) is 36.7 Å². The number of hydrogen-bond donors (Lipinski definition) is 1. The summed E-state index contributed by atoms with van der Waals surface area (Å²) in [7, 11) is 0. The maximum Gasteiger partial charge on any atom is 0.308 e. The van der Waals surface area contributed by atoms with Gasteiger partial charge in [-0.05, 0) is 48.6 Å². The first-order valence-electron chi connectivity index (χ1n) is 13.2. The van der Waals surface area contributed by atoms with E-state index in [4.69, 9.17) is 23.7 Å². The molecule has 11 heteroatoms. The van der Waals surface area contributed by atoms with E-state index >= 15 is 0 Å². The molecular formula is C30H31N2O9+. The topological polar surface area (TPSA) is 134 Å². The van der Waals surface area contributed by atoms with Crippen molar-refractivity contribution >= 4 is 56.5 Å². The zero-order valence-corrected chi connectivity index (χ0v) is 23.6. The highest BCUT2D eigenvalue weighted by Crippen LogP contribution is 2.38. The SMILES string of the molecule is CC(=O)Oc1ccc2[nH]c3c(C)c4cc[n+]([C@@H]5OC[C@H](OC(C)=O)[C@H](OC(C)=O)[C@H]5OC(C)=O)cc4c(C)c3c2c1. The van der Waals surface area contributed by atoms with Crippen molar-refractivity contribution in [3.63, 3.8) is 0 Å². The first-order valence-corrected chi connectivity index (χ1v) is 13.2. The fraction of sp³-hybridized carbons (Fsp3) is 0.367. The Morgan fingerprint density at radius 2 is 1.51 bits per heavy atom. The Morgan fingerprint density at radius 1 is 0.829 bits per heavy atom. The maximum absolute atomic E-state index is 12.1. The number of rotatable bonds is 5. The number of carbonyl (C=O) groups excluding carboxylic acids is 4. The first kappa shape index (κ1) is 28.0. The van der Waals surface area contributed by atoms with Gasteiger partial charge in [0.2, 0.25) is 6.10 Å². The fourth-order valence-corrected chi connectivity index (χ4v) is 5.62. The number of carbonyl (C=O) groups is 4. The molecule has 41 heavy (non-hydrogen) atoms. The van der Waals surface area contributed by atoms with Crippen molar-refractivity contribution in [2.24, 2.45) is 0 Å². The summed E-state index contributed by atoms with van der Waals surface area (Å²) in [5.41, 5.74) is 3.85. The highest BCUT2D eigenvalue weighted by atomic mass is 16.6. The number of H-pyrrole nitrogens is 1. The second kappa shape index (κ2) is 10.8. The van der Waals surface area contributed by atoms with E-state index in [2.05, 4.69) is 4.98 Å². The number of fused-ring (bicyclic) bond motifs is 4. The Hall–Kier alpha value is -4.51. The lowest BCUT2D eigenvalue weighted by atomic mass is 9.96. The molecule has 0 unspecified atom stereocenters. The predicted molar refractivity (Wildman–Crippen MR) is 146 cm³/mol. The van der Waals surface area contributed by atoms with Crippen molar-refractivity contribution in [1.82, 2.24) is 4.98 Å². The van der Waals surface area contributed by atoms with E-state index < -0.39 is 48.4 Å². The molecule has 0 bridgehead atoms. The van der Waals surface area contributed by atoms with E-state index in [0.29, 0.717) is 5.75 Å². The molecule has 0 saturated carbocycles. The molecule has 0 spiro atoms. The highest BCUT2D eigenvalue weighted by Gasteiger charge is 2.51. The zero-order chi connectivity index (χ0) is 29.6. The third-order valence-corrected chi connectivity index (χ3v) is 7.19. The first-order chi connectivity index (χ1) is 19.4. The molecule has 11 nitrogen and oxygen atoms in total.